The van der Waals surface area contributed by atoms with Crippen molar-refractivity contribution in [3.63, 3.8) is 0 Å². The molecule has 138 valence electrons. The van der Waals surface area contributed by atoms with Crippen molar-refractivity contribution in [3.8, 4) is 0 Å². The van der Waals surface area contributed by atoms with Gasteiger partial charge in [0.1, 0.15) is 6.10 Å². The number of carbonyl (C=O) groups excluding carboxylic acids is 1. The van der Waals surface area contributed by atoms with Gasteiger partial charge in [0.15, 0.2) is 8.32 Å². The second-order valence-electron chi connectivity index (χ2n) is 8.68. The van der Waals surface area contributed by atoms with Crippen LogP contribution < -0.4 is 0 Å². The monoisotopic (exact) mass is 357 g/mol. The molecule has 0 radical (unpaired) electrons. The van der Waals surface area contributed by atoms with E-state index >= 15 is 0 Å². The Kier molecular flexibility index (Phi) is 5.35. The number of cyclic esters (lactones) is 1. The predicted molar refractivity (Wildman–Crippen MR) is 93.5 cm³/mol. The van der Waals surface area contributed by atoms with E-state index in [1.807, 2.05) is 0 Å². The number of carbonyl (C=O) groups is 2. The number of likely N-dealkylation sites (tertiary alicyclic amines) is 1. The van der Waals surface area contributed by atoms with Crippen LogP contribution in [0.2, 0.25) is 18.1 Å². The van der Waals surface area contributed by atoms with E-state index in [1.54, 1.807) is 0 Å². The van der Waals surface area contributed by atoms with E-state index in [9.17, 15) is 9.59 Å². The zero-order valence-electron chi connectivity index (χ0n) is 15.6. The first-order valence-electron chi connectivity index (χ1n) is 8.80. The van der Waals surface area contributed by atoms with Crippen LogP contribution in [0.15, 0.2) is 0 Å². The third-order valence-electron chi connectivity index (χ3n) is 6.03. The van der Waals surface area contributed by atoms with Crippen LogP contribution in [0.4, 0.5) is 4.79 Å². The molecule has 7 heteroatoms. The Labute approximate surface area is 145 Å². The minimum Gasteiger partial charge on any atom is -0.465 e. The van der Waals surface area contributed by atoms with Crippen molar-refractivity contribution in [2.24, 2.45) is 5.41 Å². The third-order valence-corrected chi connectivity index (χ3v) is 10.6. The fourth-order valence-corrected chi connectivity index (χ4v) is 4.26. The highest BCUT2D eigenvalue weighted by Crippen LogP contribution is 2.44. The lowest BCUT2D eigenvalue weighted by Gasteiger charge is -2.36. The summed E-state index contributed by atoms with van der Waals surface area (Å²) in [6.07, 6.45) is 1.55. The molecule has 1 atom stereocenters. The van der Waals surface area contributed by atoms with Gasteiger partial charge in [-0.05, 0) is 31.0 Å². The summed E-state index contributed by atoms with van der Waals surface area (Å²) in [4.78, 5) is 24.7. The molecular weight excluding hydrogens is 326 g/mol. The van der Waals surface area contributed by atoms with Gasteiger partial charge in [0.05, 0.1) is 5.41 Å². The highest BCUT2D eigenvalue weighted by atomic mass is 28.4. The van der Waals surface area contributed by atoms with E-state index in [0.717, 1.165) is 6.42 Å². The quantitative estimate of drug-likeness (QED) is 0.616. The third kappa shape index (κ3) is 3.94. The molecule has 1 unspecified atom stereocenters. The lowest BCUT2D eigenvalue weighted by atomic mass is 9.76. The van der Waals surface area contributed by atoms with Crippen LogP contribution >= 0.6 is 0 Å². The molecule has 2 saturated heterocycles. The van der Waals surface area contributed by atoms with Gasteiger partial charge in [0, 0.05) is 32.5 Å². The fraction of sp³-hybridized carbons (Fsp3) is 0.882. The molecule has 0 aromatic rings. The summed E-state index contributed by atoms with van der Waals surface area (Å²) in [5.74, 6) is -0.148. The van der Waals surface area contributed by atoms with Gasteiger partial charge in [-0.25, -0.2) is 4.79 Å². The topological polar surface area (TPSA) is 76.1 Å². The summed E-state index contributed by atoms with van der Waals surface area (Å²) in [5.41, 5.74) is -0.479. The summed E-state index contributed by atoms with van der Waals surface area (Å²) in [6.45, 7) is 12.5. The standard InChI is InChI=1S/C17H31NO5Si/c1-16(2,3)24(4,5)22-11-6-13-12-17(14(19)23-13)7-9-18(10-8-17)15(20)21/h13H,6-12H2,1-5H3,(H,20,21). The highest BCUT2D eigenvalue weighted by molar-refractivity contribution is 6.74. The molecule has 2 aliphatic rings. The van der Waals surface area contributed by atoms with Gasteiger partial charge in [-0.1, -0.05) is 20.8 Å². The Hall–Kier alpha value is -1.08. The molecule has 0 aliphatic carbocycles. The number of rotatable bonds is 4. The van der Waals surface area contributed by atoms with Gasteiger partial charge in [-0.3, -0.25) is 4.79 Å². The van der Waals surface area contributed by atoms with Crippen molar-refractivity contribution in [2.75, 3.05) is 19.7 Å². The minimum absolute atomic E-state index is 0.0985. The van der Waals surface area contributed by atoms with E-state index < -0.39 is 19.8 Å². The molecule has 1 N–H and O–H groups in total. The second kappa shape index (κ2) is 6.67. The van der Waals surface area contributed by atoms with Crippen molar-refractivity contribution < 1.29 is 23.9 Å². The number of esters is 1. The van der Waals surface area contributed by atoms with Gasteiger partial charge in [0.25, 0.3) is 0 Å². The minimum atomic E-state index is -1.78. The second-order valence-corrected chi connectivity index (χ2v) is 13.5. The summed E-state index contributed by atoms with van der Waals surface area (Å²) >= 11 is 0. The number of piperidine rings is 1. The lowest BCUT2D eigenvalue weighted by molar-refractivity contribution is -0.150. The van der Waals surface area contributed by atoms with E-state index in [-0.39, 0.29) is 17.1 Å². The molecule has 0 aromatic carbocycles. The van der Waals surface area contributed by atoms with E-state index in [2.05, 4.69) is 33.9 Å². The van der Waals surface area contributed by atoms with Crippen LogP contribution in [0.1, 0.15) is 46.5 Å². The van der Waals surface area contributed by atoms with Crippen molar-refractivity contribution in [2.45, 2.75) is 70.7 Å². The van der Waals surface area contributed by atoms with Crippen LogP contribution in [-0.2, 0) is 14.0 Å². The van der Waals surface area contributed by atoms with Crippen LogP contribution in [0.25, 0.3) is 0 Å². The summed E-state index contributed by atoms with van der Waals surface area (Å²) < 4.78 is 11.8. The van der Waals surface area contributed by atoms with Crippen molar-refractivity contribution >= 4 is 20.4 Å². The fourth-order valence-electron chi connectivity index (χ4n) is 3.19. The predicted octanol–water partition coefficient (Wildman–Crippen LogP) is 3.47. The van der Waals surface area contributed by atoms with E-state index in [4.69, 9.17) is 14.3 Å². The molecule has 2 rings (SSSR count). The maximum atomic E-state index is 12.3. The van der Waals surface area contributed by atoms with Gasteiger partial charge in [-0.2, -0.15) is 0 Å². The molecule has 24 heavy (non-hydrogen) atoms. The van der Waals surface area contributed by atoms with Crippen LogP contribution in [0.3, 0.4) is 0 Å². The van der Waals surface area contributed by atoms with Gasteiger partial charge >= 0.3 is 12.1 Å². The molecule has 2 heterocycles. The average molecular weight is 358 g/mol. The summed E-state index contributed by atoms with van der Waals surface area (Å²) in [6, 6.07) is 0. The van der Waals surface area contributed by atoms with Crippen molar-refractivity contribution in [3.05, 3.63) is 0 Å². The number of hydrogen-bond acceptors (Lipinski definition) is 4. The molecule has 1 amide bonds. The zero-order chi connectivity index (χ0) is 18.2. The van der Waals surface area contributed by atoms with Gasteiger partial charge < -0.3 is 19.2 Å². The number of ether oxygens (including phenoxy) is 1. The Balaban J connectivity index is 1.84. The van der Waals surface area contributed by atoms with Crippen LogP contribution in [-0.4, -0.2) is 56.2 Å². The SMILES string of the molecule is CC(C)(C)[Si](C)(C)OCCC1CC2(CCN(C(=O)O)CC2)C(=O)O1. The summed E-state index contributed by atoms with van der Waals surface area (Å²) in [5, 5.41) is 9.21. The van der Waals surface area contributed by atoms with E-state index in [0.29, 0.717) is 39.0 Å². The Morgan fingerprint density at radius 3 is 2.46 bits per heavy atom. The smallest absolute Gasteiger partial charge is 0.407 e. The Bertz CT molecular complexity index is 492. The zero-order valence-corrected chi connectivity index (χ0v) is 16.6. The van der Waals surface area contributed by atoms with Gasteiger partial charge in [-0.15, -0.1) is 0 Å². The number of carboxylic acid groups (broad SMARTS) is 1. The van der Waals surface area contributed by atoms with E-state index in [1.165, 1.54) is 4.90 Å². The lowest BCUT2D eigenvalue weighted by Crippen LogP contribution is -2.44. The molecule has 6 nitrogen and oxygen atoms in total. The largest absolute Gasteiger partial charge is 0.465 e. The van der Waals surface area contributed by atoms with Crippen LogP contribution in [0.5, 0.6) is 0 Å². The molecule has 0 bridgehead atoms. The first-order valence-corrected chi connectivity index (χ1v) is 11.7. The first kappa shape index (κ1) is 19.2. The molecule has 0 aromatic heterocycles. The molecule has 2 aliphatic heterocycles. The highest BCUT2D eigenvalue weighted by Gasteiger charge is 2.50. The van der Waals surface area contributed by atoms with Crippen molar-refractivity contribution in [1.29, 1.82) is 0 Å². The number of hydrogen-bond donors (Lipinski definition) is 1. The number of amides is 1. The van der Waals surface area contributed by atoms with Crippen LogP contribution in [0, 0.1) is 5.41 Å². The maximum absolute atomic E-state index is 12.3. The normalized spacial score (nSPS) is 24.3. The van der Waals surface area contributed by atoms with Crippen molar-refractivity contribution in [1.82, 2.24) is 4.90 Å². The molecule has 1 spiro atoms. The average Bonchev–Trinajstić information content (AvgIpc) is 2.74. The number of nitrogens with zero attached hydrogens (tertiary/aromatic N) is 1. The Morgan fingerprint density at radius 1 is 1.38 bits per heavy atom. The molecule has 0 saturated carbocycles. The summed E-state index contributed by atoms with van der Waals surface area (Å²) in [7, 11) is -1.78. The first-order chi connectivity index (χ1) is 11.0. The maximum Gasteiger partial charge on any atom is 0.407 e. The molecular formula is C17H31NO5Si. The van der Waals surface area contributed by atoms with Gasteiger partial charge in [0.2, 0.25) is 0 Å². The Morgan fingerprint density at radius 2 is 1.96 bits per heavy atom. The molecule has 2 fully saturated rings.